The monoisotopic (exact) mass is 286 g/mol. The summed E-state index contributed by atoms with van der Waals surface area (Å²) in [4.78, 5) is 12.6. The highest BCUT2D eigenvalue weighted by Gasteiger charge is 2.23. The molecule has 0 atom stereocenters. The van der Waals surface area contributed by atoms with Crippen LogP contribution in [-0.4, -0.2) is 5.78 Å². The highest BCUT2D eigenvalue weighted by molar-refractivity contribution is 6.16. The molecule has 1 heterocycles. The van der Waals surface area contributed by atoms with E-state index >= 15 is 0 Å². The lowest BCUT2D eigenvalue weighted by atomic mass is 9.99. The molecule has 2 aromatic carbocycles. The minimum absolute atomic E-state index is 0.155. The van der Waals surface area contributed by atoms with Gasteiger partial charge in [-0.25, -0.2) is 8.78 Å². The second-order valence-electron chi connectivity index (χ2n) is 4.70. The average molecular weight is 286 g/mol. The number of fused-ring (bicyclic) bond motifs is 1. The molecule has 0 amide bonds. The van der Waals surface area contributed by atoms with Gasteiger partial charge in [-0.1, -0.05) is 25.1 Å². The molecule has 3 aromatic rings. The van der Waals surface area contributed by atoms with Crippen molar-refractivity contribution in [3.05, 3.63) is 71.0 Å². The number of hydrogen-bond acceptors (Lipinski definition) is 2. The average Bonchev–Trinajstić information content (AvgIpc) is 2.85. The van der Waals surface area contributed by atoms with Crippen molar-refractivity contribution in [1.82, 2.24) is 0 Å². The molecule has 0 saturated carbocycles. The summed E-state index contributed by atoms with van der Waals surface area (Å²) >= 11 is 0. The standard InChI is InChI=1S/C17H12F2O2/c1-2-14-16(12-5-3-4-6-15(12)21-14)17(20)11-8-7-10(18)9-13(11)19/h3-9H,2H2,1H3. The van der Waals surface area contributed by atoms with E-state index in [4.69, 9.17) is 4.42 Å². The smallest absolute Gasteiger partial charge is 0.200 e. The van der Waals surface area contributed by atoms with Gasteiger partial charge in [0, 0.05) is 17.9 Å². The normalized spacial score (nSPS) is 11.0. The van der Waals surface area contributed by atoms with Crippen molar-refractivity contribution < 1.29 is 18.0 Å². The number of carbonyl (C=O) groups excluding carboxylic acids is 1. The fourth-order valence-corrected chi connectivity index (χ4v) is 2.40. The predicted octanol–water partition coefficient (Wildman–Crippen LogP) is 4.50. The number of aryl methyl sites for hydroxylation is 1. The lowest BCUT2D eigenvalue weighted by Gasteiger charge is -2.03. The van der Waals surface area contributed by atoms with Crippen LogP contribution in [0.15, 0.2) is 46.9 Å². The van der Waals surface area contributed by atoms with Gasteiger partial charge >= 0.3 is 0 Å². The maximum atomic E-state index is 13.8. The van der Waals surface area contributed by atoms with Crippen molar-refractivity contribution in [3.63, 3.8) is 0 Å². The van der Waals surface area contributed by atoms with Crippen LogP contribution in [0.2, 0.25) is 0 Å². The fraction of sp³-hybridized carbons (Fsp3) is 0.118. The summed E-state index contributed by atoms with van der Waals surface area (Å²) in [5, 5.41) is 0.642. The lowest BCUT2D eigenvalue weighted by molar-refractivity contribution is 0.103. The molecule has 3 rings (SSSR count). The summed E-state index contributed by atoms with van der Waals surface area (Å²) < 4.78 is 32.5. The summed E-state index contributed by atoms with van der Waals surface area (Å²) in [6.07, 6.45) is 0.512. The van der Waals surface area contributed by atoms with Crippen molar-refractivity contribution in [1.29, 1.82) is 0 Å². The third kappa shape index (κ3) is 2.23. The van der Waals surface area contributed by atoms with E-state index in [9.17, 15) is 13.6 Å². The minimum Gasteiger partial charge on any atom is -0.460 e. The molecule has 0 N–H and O–H groups in total. The second-order valence-corrected chi connectivity index (χ2v) is 4.70. The first kappa shape index (κ1) is 13.5. The molecule has 0 fully saturated rings. The molecule has 0 bridgehead atoms. The van der Waals surface area contributed by atoms with Gasteiger partial charge in [-0.3, -0.25) is 4.79 Å². The number of furan rings is 1. The molecular formula is C17H12F2O2. The highest BCUT2D eigenvalue weighted by atomic mass is 19.1. The van der Waals surface area contributed by atoms with E-state index in [0.717, 1.165) is 12.1 Å². The summed E-state index contributed by atoms with van der Waals surface area (Å²) in [5.41, 5.74) is 0.775. The zero-order valence-electron chi connectivity index (χ0n) is 11.3. The molecule has 0 saturated heterocycles. The Bertz CT molecular complexity index is 834. The van der Waals surface area contributed by atoms with E-state index < -0.39 is 17.4 Å². The van der Waals surface area contributed by atoms with Crippen LogP contribution in [0.25, 0.3) is 11.0 Å². The van der Waals surface area contributed by atoms with Crippen molar-refractivity contribution in [2.75, 3.05) is 0 Å². The Hall–Kier alpha value is -2.49. The van der Waals surface area contributed by atoms with Crippen molar-refractivity contribution in [2.45, 2.75) is 13.3 Å². The number of rotatable bonds is 3. The van der Waals surface area contributed by atoms with E-state index in [1.807, 2.05) is 6.92 Å². The SMILES string of the molecule is CCc1oc2ccccc2c1C(=O)c1ccc(F)cc1F. The molecule has 0 spiro atoms. The zero-order valence-corrected chi connectivity index (χ0v) is 11.3. The maximum Gasteiger partial charge on any atom is 0.200 e. The largest absolute Gasteiger partial charge is 0.460 e. The fourth-order valence-electron chi connectivity index (χ4n) is 2.40. The molecule has 0 radical (unpaired) electrons. The first-order valence-corrected chi connectivity index (χ1v) is 6.62. The Labute approximate surface area is 120 Å². The molecule has 1 aromatic heterocycles. The number of hydrogen-bond donors (Lipinski definition) is 0. The van der Waals surface area contributed by atoms with Crippen molar-refractivity contribution in [2.24, 2.45) is 0 Å². The number of carbonyl (C=O) groups is 1. The second kappa shape index (κ2) is 5.13. The molecule has 4 heteroatoms. The number of halogens is 2. The number of ketones is 1. The van der Waals surface area contributed by atoms with Gasteiger partial charge in [0.1, 0.15) is 23.0 Å². The predicted molar refractivity (Wildman–Crippen MR) is 75.4 cm³/mol. The topological polar surface area (TPSA) is 30.2 Å². The maximum absolute atomic E-state index is 13.8. The molecule has 0 aliphatic rings. The van der Waals surface area contributed by atoms with Crippen LogP contribution >= 0.6 is 0 Å². The van der Waals surface area contributed by atoms with Crippen LogP contribution in [0.4, 0.5) is 8.78 Å². The van der Waals surface area contributed by atoms with Crippen LogP contribution < -0.4 is 0 Å². The highest BCUT2D eigenvalue weighted by Crippen LogP contribution is 2.29. The summed E-state index contributed by atoms with van der Waals surface area (Å²) in [6.45, 7) is 1.86. The Morgan fingerprint density at radius 3 is 2.62 bits per heavy atom. The van der Waals surface area contributed by atoms with Crippen molar-refractivity contribution >= 4 is 16.8 Å². The molecule has 0 aliphatic carbocycles. The molecular weight excluding hydrogens is 274 g/mol. The quantitative estimate of drug-likeness (QED) is 0.663. The first-order chi connectivity index (χ1) is 10.1. The van der Waals surface area contributed by atoms with Gasteiger partial charge in [0.15, 0.2) is 5.78 Å². The third-order valence-corrected chi connectivity index (χ3v) is 3.39. The number of para-hydroxylation sites is 1. The van der Waals surface area contributed by atoms with Crippen LogP contribution in [0.3, 0.4) is 0 Å². The summed E-state index contributed by atoms with van der Waals surface area (Å²) in [5.74, 6) is -1.57. The Balaban J connectivity index is 2.21. The molecule has 0 aliphatic heterocycles. The molecule has 21 heavy (non-hydrogen) atoms. The lowest BCUT2D eigenvalue weighted by Crippen LogP contribution is -2.06. The Kier molecular flexibility index (Phi) is 3.29. The number of benzene rings is 2. The van der Waals surface area contributed by atoms with E-state index in [-0.39, 0.29) is 5.56 Å². The van der Waals surface area contributed by atoms with Gasteiger partial charge < -0.3 is 4.42 Å². The van der Waals surface area contributed by atoms with E-state index in [1.165, 1.54) is 0 Å². The van der Waals surface area contributed by atoms with E-state index in [0.29, 0.717) is 34.8 Å². The van der Waals surface area contributed by atoms with Gasteiger partial charge in [0.2, 0.25) is 0 Å². The van der Waals surface area contributed by atoms with Gasteiger partial charge in [-0.2, -0.15) is 0 Å². The Morgan fingerprint density at radius 2 is 1.90 bits per heavy atom. The zero-order chi connectivity index (χ0) is 15.0. The van der Waals surface area contributed by atoms with Crippen LogP contribution in [0.5, 0.6) is 0 Å². The minimum atomic E-state index is -0.868. The summed E-state index contributed by atoms with van der Waals surface area (Å²) in [7, 11) is 0. The first-order valence-electron chi connectivity index (χ1n) is 6.62. The molecule has 2 nitrogen and oxygen atoms in total. The summed E-state index contributed by atoms with van der Waals surface area (Å²) in [6, 6.07) is 10.0. The van der Waals surface area contributed by atoms with Crippen LogP contribution in [-0.2, 0) is 6.42 Å². The molecule has 0 unspecified atom stereocenters. The molecule has 106 valence electrons. The van der Waals surface area contributed by atoms with Gasteiger partial charge in [-0.05, 0) is 18.2 Å². The van der Waals surface area contributed by atoms with E-state index in [1.54, 1.807) is 24.3 Å². The van der Waals surface area contributed by atoms with Crippen LogP contribution in [0.1, 0.15) is 28.6 Å². The van der Waals surface area contributed by atoms with Gasteiger partial charge in [-0.15, -0.1) is 0 Å². The van der Waals surface area contributed by atoms with E-state index in [2.05, 4.69) is 0 Å². The van der Waals surface area contributed by atoms with Gasteiger partial charge in [0.05, 0.1) is 11.1 Å². The van der Waals surface area contributed by atoms with Gasteiger partial charge in [0.25, 0.3) is 0 Å². The van der Waals surface area contributed by atoms with Crippen LogP contribution in [0, 0.1) is 11.6 Å². The Morgan fingerprint density at radius 1 is 1.14 bits per heavy atom. The van der Waals surface area contributed by atoms with Crippen molar-refractivity contribution in [3.8, 4) is 0 Å². The third-order valence-electron chi connectivity index (χ3n) is 3.39.